The fraction of sp³-hybridized carbons (Fsp3) is 0.105. The molecule has 0 aliphatic heterocycles. The zero-order chi connectivity index (χ0) is 19.4. The van der Waals surface area contributed by atoms with Crippen molar-refractivity contribution in [3.63, 3.8) is 0 Å². The second kappa shape index (κ2) is 8.24. The van der Waals surface area contributed by atoms with Gasteiger partial charge in [0.1, 0.15) is 0 Å². The highest BCUT2D eigenvalue weighted by Gasteiger charge is 2.15. The summed E-state index contributed by atoms with van der Waals surface area (Å²) < 4.78 is 15.7. The molecule has 6 nitrogen and oxygen atoms in total. The zero-order valence-corrected chi connectivity index (χ0v) is 15.9. The van der Waals surface area contributed by atoms with Crippen molar-refractivity contribution >= 4 is 29.2 Å². The van der Waals surface area contributed by atoms with Gasteiger partial charge in [-0.25, -0.2) is 4.79 Å². The Morgan fingerprint density at radius 3 is 2.30 bits per heavy atom. The van der Waals surface area contributed by atoms with Crippen LogP contribution in [0, 0.1) is 0 Å². The number of methoxy groups -OCH3 is 2. The molecule has 138 valence electrons. The molecule has 1 aromatic heterocycles. The quantitative estimate of drug-likeness (QED) is 0.574. The van der Waals surface area contributed by atoms with Gasteiger partial charge in [-0.15, -0.1) is 10.2 Å². The van der Waals surface area contributed by atoms with E-state index in [1.54, 1.807) is 44.6 Å². The van der Waals surface area contributed by atoms with E-state index in [-0.39, 0.29) is 16.5 Å². The van der Waals surface area contributed by atoms with Crippen LogP contribution in [0.2, 0.25) is 10.0 Å². The summed E-state index contributed by atoms with van der Waals surface area (Å²) in [7, 11) is 3.12. The molecule has 0 saturated heterocycles. The number of esters is 1. The van der Waals surface area contributed by atoms with Crippen LogP contribution in [-0.2, 0) is 0 Å². The van der Waals surface area contributed by atoms with E-state index in [1.165, 1.54) is 12.1 Å². The summed E-state index contributed by atoms with van der Waals surface area (Å²) in [6.45, 7) is 0. The third-order valence-electron chi connectivity index (χ3n) is 3.67. The number of carbonyl (C=O) groups excluding carboxylic acids is 1. The summed E-state index contributed by atoms with van der Waals surface area (Å²) in [6.07, 6.45) is 0. The van der Waals surface area contributed by atoms with Crippen molar-refractivity contribution in [3.05, 3.63) is 64.1 Å². The highest BCUT2D eigenvalue weighted by Crippen LogP contribution is 2.31. The maximum absolute atomic E-state index is 12.2. The predicted molar refractivity (Wildman–Crippen MR) is 102 cm³/mol. The fourth-order valence-corrected chi connectivity index (χ4v) is 2.81. The van der Waals surface area contributed by atoms with Gasteiger partial charge in [0.25, 0.3) is 0 Å². The number of ether oxygens (including phenoxy) is 3. The van der Waals surface area contributed by atoms with Crippen molar-refractivity contribution in [2.45, 2.75) is 0 Å². The number of carbonyl (C=O) groups is 1. The van der Waals surface area contributed by atoms with E-state index in [0.717, 1.165) is 5.56 Å². The molecule has 1 heterocycles. The molecule has 2 aromatic carbocycles. The maximum atomic E-state index is 12.2. The highest BCUT2D eigenvalue weighted by atomic mass is 35.5. The molecule has 3 aromatic rings. The smallest absolute Gasteiger partial charge is 0.346 e. The molecule has 0 saturated carbocycles. The number of nitrogens with zero attached hydrogens (tertiary/aromatic N) is 2. The molecule has 0 N–H and O–H groups in total. The van der Waals surface area contributed by atoms with E-state index >= 15 is 0 Å². The average Bonchev–Trinajstić information content (AvgIpc) is 2.68. The van der Waals surface area contributed by atoms with Gasteiger partial charge in [0, 0.05) is 16.7 Å². The van der Waals surface area contributed by atoms with Crippen LogP contribution in [-0.4, -0.2) is 30.4 Å². The van der Waals surface area contributed by atoms with Gasteiger partial charge in [-0.1, -0.05) is 23.2 Å². The second-order valence-electron chi connectivity index (χ2n) is 5.34. The number of hydrogen-bond acceptors (Lipinski definition) is 6. The molecule has 27 heavy (non-hydrogen) atoms. The van der Waals surface area contributed by atoms with Crippen molar-refractivity contribution in [2.24, 2.45) is 0 Å². The minimum absolute atomic E-state index is 0.0512. The summed E-state index contributed by atoms with van der Waals surface area (Å²) in [5, 5.41) is 8.64. The van der Waals surface area contributed by atoms with Gasteiger partial charge in [0.05, 0.1) is 30.5 Å². The van der Waals surface area contributed by atoms with E-state index in [2.05, 4.69) is 10.2 Å². The Hall–Kier alpha value is -2.83. The Labute approximate surface area is 165 Å². The molecule has 0 unspecified atom stereocenters. The lowest BCUT2D eigenvalue weighted by Gasteiger charge is -2.09. The maximum Gasteiger partial charge on any atom is 0.346 e. The van der Waals surface area contributed by atoms with Gasteiger partial charge >= 0.3 is 5.97 Å². The third-order valence-corrected chi connectivity index (χ3v) is 4.22. The lowest BCUT2D eigenvalue weighted by molar-refractivity contribution is 0.0726. The number of benzene rings is 2. The Morgan fingerprint density at radius 1 is 0.889 bits per heavy atom. The van der Waals surface area contributed by atoms with Crippen LogP contribution in [0.5, 0.6) is 17.4 Å². The van der Waals surface area contributed by atoms with E-state index in [0.29, 0.717) is 22.2 Å². The Kier molecular flexibility index (Phi) is 5.78. The van der Waals surface area contributed by atoms with Gasteiger partial charge in [-0.3, -0.25) is 0 Å². The molecule has 0 fully saturated rings. The van der Waals surface area contributed by atoms with Crippen molar-refractivity contribution in [1.82, 2.24) is 10.2 Å². The van der Waals surface area contributed by atoms with Crippen LogP contribution < -0.4 is 14.2 Å². The highest BCUT2D eigenvalue weighted by molar-refractivity contribution is 6.36. The minimum atomic E-state index is -0.648. The van der Waals surface area contributed by atoms with Gasteiger partial charge in [0.2, 0.25) is 5.88 Å². The fourth-order valence-electron chi connectivity index (χ4n) is 2.33. The summed E-state index contributed by atoms with van der Waals surface area (Å²) in [4.78, 5) is 12.2. The van der Waals surface area contributed by atoms with Crippen molar-refractivity contribution in [3.8, 4) is 28.6 Å². The predicted octanol–water partition coefficient (Wildman–Crippen LogP) is 4.69. The third kappa shape index (κ3) is 4.30. The van der Waals surface area contributed by atoms with Gasteiger partial charge < -0.3 is 14.2 Å². The second-order valence-corrected chi connectivity index (χ2v) is 6.18. The van der Waals surface area contributed by atoms with Gasteiger partial charge in [-0.2, -0.15) is 0 Å². The Balaban J connectivity index is 1.78. The minimum Gasteiger partial charge on any atom is -0.493 e. The molecule has 0 atom stereocenters. The molecule has 0 bridgehead atoms. The van der Waals surface area contributed by atoms with Crippen molar-refractivity contribution in [1.29, 1.82) is 0 Å². The number of hydrogen-bond donors (Lipinski definition) is 0. The summed E-state index contributed by atoms with van der Waals surface area (Å²) in [6, 6.07) is 13.1. The first kappa shape index (κ1) is 18.9. The van der Waals surface area contributed by atoms with E-state index in [1.807, 2.05) is 6.07 Å². The van der Waals surface area contributed by atoms with E-state index < -0.39 is 5.97 Å². The molecule has 3 rings (SSSR count). The SMILES string of the molecule is COc1ccc(-c2ccc(OC(=O)c3ccc(Cl)cc3Cl)nn2)cc1OC. The van der Waals surface area contributed by atoms with Crippen molar-refractivity contribution in [2.75, 3.05) is 14.2 Å². The van der Waals surface area contributed by atoms with E-state index in [4.69, 9.17) is 37.4 Å². The normalized spacial score (nSPS) is 10.4. The van der Waals surface area contributed by atoms with Crippen LogP contribution in [0.25, 0.3) is 11.3 Å². The lowest BCUT2D eigenvalue weighted by atomic mass is 10.1. The molecule has 0 radical (unpaired) electrons. The number of rotatable bonds is 5. The molecule has 0 spiro atoms. The van der Waals surface area contributed by atoms with Gasteiger partial charge in [0.15, 0.2) is 11.5 Å². The Bertz CT molecular complexity index is 978. The average molecular weight is 405 g/mol. The van der Waals surface area contributed by atoms with Crippen molar-refractivity contribution < 1.29 is 19.0 Å². The number of aromatic nitrogens is 2. The summed E-state index contributed by atoms with van der Waals surface area (Å²) in [5.41, 5.74) is 1.55. The zero-order valence-electron chi connectivity index (χ0n) is 14.4. The molecule has 8 heteroatoms. The van der Waals surface area contributed by atoms with Gasteiger partial charge in [-0.05, 0) is 42.5 Å². The van der Waals surface area contributed by atoms with Crippen LogP contribution >= 0.6 is 23.2 Å². The van der Waals surface area contributed by atoms with E-state index in [9.17, 15) is 4.79 Å². The van der Waals surface area contributed by atoms with Crippen LogP contribution in [0.15, 0.2) is 48.5 Å². The largest absolute Gasteiger partial charge is 0.493 e. The van der Waals surface area contributed by atoms with Crippen LogP contribution in [0.4, 0.5) is 0 Å². The van der Waals surface area contributed by atoms with Crippen LogP contribution in [0.1, 0.15) is 10.4 Å². The Morgan fingerprint density at radius 2 is 1.67 bits per heavy atom. The topological polar surface area (TPSA) is 70.5 Å². The molecular weight excluding hydrogens is 391 g/mol. The first-order valence-electron chi connectivity index (χ1n) is 7.75. The number of halogens is 2. The summed E-state index contributed by atoms with van der Waals surface area (Å²) in [5.74, 6) is 0.587. The first-order chi connectivity index (χ1) is 13.0. The standard InChI is InChI=1S/C19H14Cl2N2O4/c1-25-16-7-3-11(9-17(16)26-2)15-6-8-18(23-22-15)27-19(24)13-5-4-12(20)10-14(13)21/h3-10H,1-2H3. The molecule has 0 amide bonds. The molecular formula is C19H14Cl2N2O4. The lowest BCUT2D eigenvalue weighted by Crippen LogP contribution is -2.10. The van der Waals surface area contributed by atoms with Crippen LogP contribution in [0.3, 0.4) is 0 Å². The monoisotopic (exact) mass is 404 g/mol. The summed E-state index contributed by atoms with van der Waals surface area (Å²) >= 11 is 11.8. The molecule has 0 aliphatic rings. The molecule has 0 aliphatic carbocycles. The first-order valence-corrected chi connectivity index (χ1v) is 8.50.